The molecule has 1 rings (SSSR count). The number of Topliss-reactive ketones (excluding diaryl/α,β-unsaturated/α-hetero) is 1. The average molecular weight is 405 g/mol. The van der Waals surface area contributed by atoms with E-state index in [2.05, 4.69) is 19.1 Å². The number of hydrogen-bond donors (Lipinski definition) is 3. The number of carboxylic acids is 1. The highest BCUT2D eigenvalue weighted by Gasteiger charge is 2.35. The number of allylic oxidation sites excluding steroid dienone is 2. The number of aliphatic hydroxyl groups is 2. The van der Waals surface area contributed by atoms with Crippen LogP contribution in [-0.2, 0) is 9.59 Å². The van der Waals surface area contributed by atoms with Gasteiger partial charge in [0.1, 0.15) is 11.2 Å². The molecule has 0 aromatic carbocycles. The highest BCUT2D eigenvalue weighted by Crippen LogP contribution is 2.35. The summed E-state index contributed by atoms with van der Waals surface area (Å²) in [4.78, 5) is 21.0. The molecule has 3 N–H and O–H groups in total. The smallest absolute Gasteiger partial charge is 0.346 e. The summed E-state index contributed by atoms with van der Waals surface area (Å²) in [6, 6.07) is 0. The summed E-state index contributed by atoms with van der Waals surface area (Å²) in [6.45, 7) is 3.35. The first-order valence-electron chi connectivity index (χ1n) is 9.40. The molecule has 1 fully saturated rings. The van der Waals surface area contributed by atoms with Crippen molar-refractivity contribution in [3.05, 3.63) is 12.2 Å². The molecule has 1 unspecified atom stereocenters. The second-order valence-corrected chi connectivity index (χ2v) is 9.71. The molecule has 0 amide bonds. The first-order valence-corrected chi connectivity index (χ1v) is 11.3. The number of carbonyl (C=O) groups is 2. The molecule has 1 saturated carbocycles. The maximum absolute atomic E-state index is 12.1. The molecular formula is C19H32O5S2. The van der Waals surface area contributed by atoms with E-state index >= 15 is 0 Å². The average Bonchev–Trinajstić information content (AvgIpc) is 2.90. The van der Waals surface area contributed by atoms with E-state index < -0.39 is 16.3 Å². The van der Waals surface area contributed by atoms with Gasteiger partial charge in [0.15, 0.2) is 0 Å². The first-order chi connectivity index (χ1) is 12.3. The van der Waals surface area contributed by atoms with Crippen molar-refractivity contribution in [1.29, 1.82) is 0 Å². The minimum absolute atomic E-state index is 0.0703. The van der Waals surface area contributed by atoms with Gasteiger partial charge in [0.2, 0.25) is 4.93 Å². The minimum atomic E-state index is -2.00. The van der Waals surface area contributed by atoms with Crippen LogP contribution in [0.25, 0.3) is 0 Å². The van der Waals surface area contributed by atoms with Crippen molar-refractivity contribution in [1.82, 2.24) is 0 Å². The van der Waals surface area contributed by atoms with Gasteiger partial charge in [-0.1, -0.05) is 50.1 Å². The van der Waals surface area contributed by atoms with Crippen LogP contribution in [0.1, 0.15) is 65.2 Å². The van der Waals surface area contributed by atoms with E-state index in [-0.39, 0.29) is 17.0 Å². The zero-order valence-electron chi connectivity index (χ0n) is 15.7. The Labute approximate surface area is 165 Å². The lowest BCUT2D eigenvalue weighted by molar-refractivity contribution is -0.148. The summed E-state index contributed by atoms with van der Waals surface area (Å²) in [5, 5.41) is 28.4. The molecule has 4 atom stereocenters. The molecule has 1 aliphatic carbocycles. The number of carbonyl (C=O) groups excluding carboxylic acids is 1. The number of aliphatic hydroxyl groups excluding tert-OH is 1. The van der Waals surface area contributed by atoms with Crippen molar-refractivity contribution >= 4 is 35.3 Å². The van der Waals surface area contributed by atoms with Crippen LogP contribution in [0.2, 0.25) is 0 Å². The van der Waals surface area contributed by atoms with Crippen LogP contribution >= 0.6 is 23.5 Å². The predicted molar refractivity (Wildman–Crippen MR) is 108 cm³/mol. The Morgan fingerprint density at radius 2 is 2.12 bits per heavy atom. The summed E-state index contributed by atoms with van der Waals surface area (Å²) in [5.41, 5.74) is -0.974. The number of thioether (sulfide) groups is 2. The molecule has 0 aromatic rings. The second-order valence-electron chi connectivity index (χ2n) is 6.89. The van der Waals surface area contributed by atoms with Crippen molar-refractivity contribution in [3.8, 4) is 0 Å². The summed E-state index contributed by atoms with van der Waals surface area (Å²) >= 11 is 2.15. The highest BCUT2D eigenvalue weighted by molar-refractivity contribution is 8.02. The lowest BCUT2D eigenvalue weighted by Gasteiger charge is -2.21. The van der Waals surface area contributed by atoms with Gasteiger partial charge in [0.05, 0.1) is 5.25 Å². The monoisotopic (exact) mass is 404 g/mol. The molecule has 26 heavy (non-hydrogen) atoms. The molecule has 0 spiro atoms. The van der Waals surface area contributed by atoms with Gasteiger partial charge in [-0.05, 0) is 44.3 Å². The van der Waals surface area contributed by atoms with Crippen LogP contribution in [0.4, 0.5) is 0 Å². The molecule has 0 aromatic heterocycles. The van der Waals surface area contributed by atoms with Crippen molar-refractivity contribution in [2.24, 2.45) is 5.92 Å². The Bertz CT molecular complexity index is 479. The predicted octanol–water partition coefficient (Wildman–Crippen LogP) is 3.83. The normalized spacial score (nSPS) is 24.1. The lowest BCUT2D eigenvalue weighted by Crippen LogP contribution is -2.33. The van der Waals surface area contributed by atoms with Crippen LogP contribution in [0.15, 0.2) is 12.2 Å². The Morgan fingerprint density at radius 1 is 1.38 bits per heavy atom. The number of rotatable bonds is 13. The van der Waals surface area contributed by atoms with E-state index in [1.54, 1.807) is 0 Å². The van der Waals surface area contributed by atoms with Crippen LogP contribution in [0, 0.1) is 5.92 Å². The Balaban J connectivity index is 2.35. The van der Waals surface area contributed by atoms with Crippen molar-refractivity contribution < 1.29 is 24.9 Å². The summed E-state index contributed by atoms with van der Waals surface area (Å²) in [7, 11) is 0. The number of carboxylic acid groups (broad SMARTS) is 1. The SMILES string of the molecule is CCCCCCC=C[C@H]1CCC(=O)[C@@H]1SCCC(O)S[C@](C)(O)C(=O)O. The van der Waals surface area contributed by atoms with Gasteiger partial charge >= 0.3 is 5.97 Å². The number of unbranched alkanes of at least 4 members (excludes halogenated alkanes) is 4. The number of hydrogen-bond acceptors (Lipinski definition) is 6. The van der Waals surface area contributed by atoms with Gasteiger partial charge < -0.3 is 15.3 Å². The molecule has 7 heteroatoms. The van der Waals surface area contributed by atoms with E-state index in [9.17, 15) is 19.8 Å². The molecular weight excluding hydrogens is 372 g/mol. The van der Waals surface area contributed by atoms with Gasteiger partial charge in [-0.15, -0.1) is 11.8 Å². The third-order valence-electron chi connectivity index (χ3n) is 4.46. The molecule has 0 bridgehead atoms. The fraction of sp³-hybridized carbons (Fsp3) is 0.789. The molecule has 0 aliphatic heterocycles. The van der Waals surface area contributed by atoms with Crippen LogP contribution in [0.5, 0.6) is 0 Å². The maximum atomic E-state index is 12.1. The third kappa shape index (κ3) is 8.46. The van der Waals surface area contributed by atoms with Gasteiger partial charge in [0.25, 0.3) is 0 Å². The first kappa shape index (κ1) is 23.5. The summed E-state index contributed by atoms with van der Waals surface area (Å²) in [6.07, 6.45) is 12.2. The van der Waals surface area contributed by atoms with Crippen molar-refractivity contribution in [2.45, 2.75) is 80.8 Å². The van der Waals surface area contributed by atoms with Crippen LogP contribution < -0.4 is 0 Å². The topological polar surface area (TPSA) is 94.8 Å². The van der Waals surface area contributed by atoms with Crippen molar-refractivity contribution in [3.63, 3.8) is 0 Å². The van der Waals surface area contributed by atoms with E-state index in [1.807, 2.05) is 0 Å². The van der Waals surface area contributed by atoms with Crippen LogP contribution in [-0.4, -0.2) is 48.4 Å². The number of aliphatic carboxylic acids is 1. The van der Waals surface area contributed by atoms with Crippen molar-refractivity contribution in [2.75, 3.05) is 5.75 Å². The standard InChI is InChI=1S/C19H32O5S2/c1-3-4-5-6-7-8-9-14-10-11-15(20)17(14)25-13-12-16(21)26-19(2,24)18(22)23/h8-9,14,16-17,21,24H,3-7,10-13H2,1-2H3,(H,22,23)/t14-,16?,17+,19-/m0/s1. The molecule has 0 radical (unpaired) electrons. The molecule has 0 saturated heterocycles. The minimum Gasteiger partial charge on any atom is -0.478 e. The Morgan fingerprint density at radius 3 is 2.77 bits per heavy atom. The van der Waals surface area contributed by atoms with E-state index in [0.717, 1.165) is 19.8 Å². The van der Waals surface area contributed by atoms with Gasteiger partial charge in [-0.25, -0.2) is 4.79 Å². The molecule has 5 nitrogen and oxygen atoms in total. The van der Waals surface area contributed by atoms with Gasteiger partial charge in [-0.3, -0.25) is 4.79 Å². The summed E-state index contributed by atoms with van der Waals surface area (Å²) in [5.74, 6) is -0.300. The zero-order chi connectivity index (χ0) is 19.6. The van der Waals surface area contributed by atoms with E-state index in [0.29, 0.717) is 30.4 Å². The Hall–Kier alpha value is -0.500. The molecule has 1 aliphatic rings. The van der Waals surface area contributed by atoms with Crippen LogP contribution in [0.3, 0.4) is 0 Å². The highest BCUT2D eigenvalue weighted by atomic mass is 32.2. The summed E-state index contributed by atoms with van der Waals surface area (Å²) < 4.78 is 0. The fourth-order valence-electron chi connectivity index (χ4n) is 2.89. The fourth-order valence-corrected chi connectivity index (χ4v) is 5.29. The van der Waals surface area contributed by atoms with Gasteiger partial charge in [0, 0.05) is 6.42 Å². The van der Waals surface area contributed by atoms with E-state index in [4.69, 9.17) is 5.11 Å². The third-order valence-corrected chi connectivity index (χ3v) is 7.05. The lowest BCUT2D eigenvalue weighted by atomic mass is 10.1. The second kappa shape index (κ2) is 12.1. The maximum Gasteiger partial charge on any atom is 0.346 e. The largest absolute Gasteiger partial charge is 0.478 e. The Kier molecular flexibility index (Phi) is 10.9. The van der Waals surface area contributed by atoms with Gasteiger partial charge in [-0.2, -0.15) is 0 Å². The number of ketones is 1. The quantitative estimate of drug-likeness (QED) is 0.244. The van der Waals surface area contributed by atoms with E-state index in [1.165, 1.54) is 37.4 Å². The zero-order valence-corrected chi connectivity index (χ0v) is 17.4. The molecule has 150 valence electrons. The molecule has 0 heterocycles.